The molecule has 156 valence electrons. The Balaban J connectivity index is 1.40. The van der Waals surface area contributed by atoms with Gasteiger partial charge in [0.05, 0.1) is 12.2 Å². The normalized spacial score (nSPS) is 16.7. The van der Waals surface area contributed by atoms with Crippen molar-refractivity contribution >= 4 is 11.8 Å². The lowest BCUT2D eigenvalue weighted by Gasteiger charge is -2.20. The first-order valence-corrected chi connectivity index (χ1v) is 10.2. The van der Waals surface area contributed by atoms with E-state index < -0.39 is 0 Å². The van der Waals surface area contributed by atoms with E-state index in [1.54, 1.807) is 18.5 Å². The van der Waals surface area contributed by atoms with E-state index in [1.165, 1.54) is 6.07 Å². The van der Waals surface area contributed by atoms with Gasteiger partial charge in [-0.25, -0.2) is 19.0 Å². The molecule has 1 aromatic carbocycles. The van der Waals surface area contributed by atoms with E-state index in [9.17, 15) is 4.39 Å². The third kappa shape index (κ3) is 4.76. The summed E-state index contributed by atoms with van der Waals surface area (Å²) in [5.41, 5.74) is 2.11. The summed E-state index contributed by atoms with van der Waals surface area (Å²) in [6, 6.07) is 13.3. The summed E-state index contributed by atoms with van der Waals surface area (Å²) in [5, 5.41) is 11.1. The number of anilines is 1. The number of pyridine rings is 1. The molecule has 3 heterocycles. The second-order valence-electron chi connectivity index (χ2n) is 7.20. The topological polar surface area (TPSA) is 70.4 Å². The van der Waals surface area contributed by atoms with E-state index in [0.717, 1.165) is 36.7 Å². The largest absolute Gasteiger partial charge is 0.357 e. The van der Waals surface area contributed by atoms with Crippen molar-refractivity contribution in [1.29, 1.82) is 0 Å². The van der Waals surface area contributed by atoms with E-state index >= 15 is 0 Å². The van der Waals surface area contributed by atoms with Crippen molar-refractivity contribution in [3.8, 4) is 5.69 Å². The van der Waals surface area contributed by atoms with Crippen molar-refractivity contribution in [2.75, 3.05) is 24.5 Å². The summed E-state index contributed by atoms with van der Waals surface area (Å²) in [7, 11) is 0. The maximum atomic E-state index is 14.0. The fourth-order valence-electron chi connectivity index (χ4n) is 3.58. The number of benzene rings is 1. The number of nitrogens with one attached hydrogen (secondary N) is 2. The molecular weight excluding hydrogens is 381 g/mol. The van der Waals surface area contributed by atoms with E-state index in [2.05, 4.69) is 32.8 Å². The molecule has 1 aliphatic rings. The molecule has 1 unspecified atom stereocenters. The molecule has 0 radical (unpaired) electrons. The molecule has 7 nitrogen and oxygen atoms in total. The van der Waals surface area contributed by atoms with Crippen LogP contribution in [0.4, 0.5) is 10.2 Å². The first-order chi connectivity index (χ1) is 14.7. The van der Waals surface area contributed by atoms with E-state index in [4.69, 9.17) is 4.99 Å². The fourth-order valence-corrected chi connectivity index (χ4v) is 3.58. The Bertz CT molecular complexity index is 987. The summed E-state index contributed by atoms with van der Waals surface area (Å²) in [5.74, 6) is 0.894. The second-order valence-corrected chi connectivity index (χ2v) is 7.20. The molecule has 0 saturated carbocycles. The Morgan fingerprint density at radius 2 is 2.17 bits per heavy atom. The van der Waals surface area contributed by atoms with Gasteiger partial charge in [0, 0.05) is 44.3 Å². The van der Waals surface area contributed by atoms with Gasteiger partial charge in [-0.3, -0.25) is 0 Å². The highest BCUT2D eigenvalue weighted by Crippen LogP contribution is 2.20. The van der Waals surface area contributed by atoms with Crippen LogP contribution in [0.25, 0.3) is 5.69 Å². The van der Waals surface area contributed by atoms with Crippen LogP contribution in [0.3, 0.4) is 0 Å². The molecule has 2 aromatic heterocycles. The lowest BCUT2D eigenvalue weighted by atomic mass is 10.2. The van der Waals surface area contributed by atoms with Crippen LogP contribution in [0.5, 0.6) is 0 Å². The monoisotopic (exact) mass is 407 g/mol. The highest BCUT2D eigenvalue weighted by Gasteiger charge is 2.25. The van der Waals surface area contributed by atoms with Crippen LogP contribution in [0.2, 0.25) is 0 Å². The van der Waals surface area contributed by atoms with Gasteiger partial charge in [-0.05, 0) is 49.2 Å². The zero-order valence-electron chi connectivity index (χ0n) is 17.0. The molecule has 4 rings (SSSR count). The number of aromatic nitrogens is 3. The van der Waals surface area contributed by atoms with Crippen molar-refractivity contribution in [3.63, 3.8) is 0 Å². The molecule has 0 bridgehead atoms. The molecule has 30 heavy (non-hydrogen) atoms. The van der Waals surface area contributed by atoms with E-state index in [-0.39, 0.29) is 11.9 Å². The zero-order valence-corrected chi connectivity index (χ0v) is 17.0. The lowest BCUT2D eigenvalue weighted by Crippen LogP contribution is -2.44. The van der Waals surface area contributed by atoms with Crippen molar-refractivity contribution in [1.82, 2.24) is 25.4 Å². The number of hydrogen-bond donors (Lipinski definition) is 2. The molecule has 2 N–H and O–H groups in total. The number of hydrogen-bond acceptors (Lipinski definition) is 4. The second kappa shape index (κ2) is 9.39. The third-order valence-corrected chi connectivity index (χ3v) is 5.01. The maximum Gasteiger partial charge on any atom is 0.191 e. The number of halogens is 1. The Morgan fingerprint density at radius 1 is 1.23 bits per heavy atom. The maximum absolute atomic E-state index is 14.0. The molecule has 0 spiro atoms. The summed E-state index contributed by atoms with van der Waals surface area (Å²) < 4.78 is 15.9. The minimum atomic E-state index is -0.282. The van der Waals surface area contributed by atoms with Crippen molar-refractivity contribution in [2.45, 2.75) is 25.9 Å². The van der Waals surface area contributed by atoms with Crippen LogP contribution in [-0.2, 0) is 6.54 Å². The van der Waals surface area contributed by atoms with Gasteiger partial charge in [0.15, 0.2) is 17.6 Å². The van der Waals surface area contributed by atoms with Gasteiger partial charge >= 0.3 is 0 Å². The van der Waals surface area contributed by atoms with Crippen LogP contribution in [-0.4, -0.2) is 46.4 Å². The van der Waals surface area contributed by atoms with Gasteiger partial charge in [0.2, 0.25) is 0 Å². The van der Waals surface area contributed by atoms with Crippen molar-refractivity contribution < 1.29 is 4.39 Å². The number of rotatable bonds is 6. The summed E-state index contributed by atoms with van der Waals surface area (Å²) in [6.45, 7) is 4.81. The van der Waals surface area contributed by atoms with Crippen LogP contribution in [0.15, 0.2) is 66.0 Å². The molecule has 1 saturated heterocycles. The molecule has 0 aliphatic carbocycles. The standard InChI is InChI=1S/C22H26FN7/c1-2-24-22(26-15-17-6-3-7-19(14-17)30-12-5-11-27-30)28-18-9-13-29(16-18)21-20(23)8-4-10-25-21/h3-8,10-12,14,18H,2,9,13,15-16H2,1H3,(H2,24,26,28). The molecule has 3 aromatic rings. The minimum Gasteiger partial charge on any atom is -0.357 e. The summed E-state index contributed by atoms with van der Waals surface area (Å²) in [4.78, 5) is 10.9. The van der Waals surface area contributed by atoms with Gasteiger partial charge in [0.25, 0.3) is 0 Å². The quantitative estimate of drug-likeness (QED) is 0.486. The predicted octanol–water partition coefficient (Wildman–Crippen LogP) is 2.74. The van der Waals surface area contributed by atoms with Crippen LogP contribution in [0.1, 0.15) is 18.9 Å². The highest BCUT2D eigenvalue weighted by molar-refractivity contribution is 5.80. The number of guanidine groups is 1. The first kappa shape index (κ1) is 19.9. The molecule has 1 aliphatic heterocycles. The third-order valence-electron chi connectivity index (χ3n) is 5.01. The number of aliphatic imine (C=N–C) groups is 1. The van der Waals surface area contributed by atoms with Crippen LogP contribution in [0, 0.1) is 5.82 Å². The average molecular weight is 407 g/mol. The van der Waals surface area contributed by atoms with Gasteiger partial charge in [0.1, 0.15) is 0 Å². The molecule has 1 atom stereocenters. The van der Waals surface area contributed by atoms with Crippen LogP contribution < -0.4 is 15.5 Å². The zero-order chi connectivity index (χ0) is 20.8. The minimum absolute atomic E-state index is 0.180. The van der Waals surface area contributed by atoms with Gasteiger partial charge in [-0.2, -0.15) is 5.10 Å². The Kier molecular flexibility index (Phi) is 6.22. The molecular formula is C22H26FN7. The SMILES string of the molecule is CCNC(=NCc1cccc(-n2cccn2)c1)NC1CCN(c2ncccc2F)C1. The van der Waals surface area contributed by atoms with Gasteiger partial charge in [-0.15, -0.1) is 0 Å². The molecule has 0 amide bonds. The Morgan fingerprint density at radius 3 is 2.97 bits per heavy atom. The highest BCUT2D eigenvalue weighted by atomic mass is 19.1. The van der Waals surface area contributed by atoms with Gasteiger partial charge in [-0.1, -0.05) is 12.1 Å². The van der Waals surface area contributed by atoms with Crippen molar-refractivity contribution in [2.24, 2.45) is 4.99 Å². The van der Waals surface area contributed by atoms with Crippen molar-refractivity contribution in [3.05, 3.63) is 72.4 Å². The summed E-state index contributed by atoms with van der Waals surface area (Å²) in [6.07, 6.45) is 6.21. The summed E-state index contributed by atoms with van der Waals surface area (Å²) >= 11 is 0. The smallest absolute Gasteiger partial charge is 0.191 e. The average Bonchev–Trinajstić information content (AvgIpc) is 3.45. The lowest BCUT2D eigenvalue weighted by molar-refractivity contribution is 0.612. The fraction of sp³-hybridized carbons (Fsp3) is 0.318. The van der Waals surface area contributed by atoms with E-state index in [1.807, 2.05) is 40.9 Å². The molecule has 1 fully saturated rings. The number of nitrogens with zero attached hydrogens (tertiary/aromatic N) is 5. The first-order valence-electron chi connectivity index (χ1n) is 10.2. The molecule has 8 heteroatoms. The van der Waals surface area contributed by atoms with E-state index in [0.29, 0.717) is 18.9 Å². The van der Waals surface area contributed by atoms with Crippen LogP contribution >= 0.6 is 0 Å². The Labute approximate surface area is 175 Å². The predicted molar refractivity (Wildman–Crippen MR) is 116 cm³/mol. The van der Waals surface area contributed by atoms with Gasteiger partial charge < -0.3 is 15.5 Å². The Hall–Kier alpha value is -3.42.